The van der Waals surface area contributed by atoms with Crippen LogP contribution in [0.5, 0.6) is 0 Å². The quantitative estimate of drug-likeness (QED) is 0.744. The number of carboxylic acid groups (broad SMARTS) is 1. The smallest absolute Gasteiger partial charge is 0.352 e. The standard InChI is InChI=1S/C11H8F2N2O3/c12-5-1-2-6(7(13)3-5)8-4-9(10(16)17)15-11(18)14-8/h1-4,8H,(H,16,17)(H2,14,15,18)/t8-/m0/s1. The zero-order valence-electron chi connectivity index (χ0n) is 8.91. The number of carbonyl (C=O) groups is 2. The highest BCUT2D eigenvalue weighted by atomic mass is 19.1. The lowest BCUT2D eigenvalue weighted by atomic mass is 10.0. The van der Waals surface area contributed by atoms with Gasteiger partial charge in [-0.25, -0.2) is 18.4 Å². The third-order valence-electron chi connectivity index (χ3n) is 2.40. The van der Waals surface area contributed by atoms with E-state index in [1.165, 1.54) is 0 Å². The maximum absolute atomic E-state index is 13.5. The number of carboxylic acids is 1. The van der Waals surface area contributed by atoms with Gasteiger partial charge >= 0.3 is 12.0 Å². The molecule has 7 heteroatoms. The highest BCUT2D eigenvalue weighted by Crippen LogP contribution is 2.22. The molecule has 94 valence electrons. The van der Waals surface area contributed by atoms with Crippen molar-refractivity contribution in [3.05, 3.63) is 47.2 Å². The molecule has 1 heterocycles. The Morgan fingerprint density at radius 2 is 2.06 bits per heavy atom. The van der Waals surface area contributed by atoms with Gasteiger partial charge in [-0.1, -0.05) is 6.07 Å². The van der Waals surface area contributed by atoms with Crippen LogP contribution in [0.25, 0.3) is 0 Å². The van der Waals surface area contributed by atoms with Crippen LogP contribution >= 0.6 is 0 Å². The molecule has 3 N–H and O–H groups in total. The average molecular weight is 254 g/mol. The number of halogens is 2. The molecule has 0 saturated carbocycles. The Kier molecular flexibility index (Phi) is 2.97. The molecule has 0 spiro atoms. The molecule has 1 aromatic carbocycles. The van der Waals surface area contributed by atoms with Gasteiger partial charge in [0.1, 0.15) is 17.3 Å². The number of hydrogen-bond donors (Lipinski definition) is 3. The van der Waals surface area contributed by atoms with Gasteiger partial charge in [0.25, 0.3) is 0 Å². The predicted molar refractivity (Wildman–Crippen MR) is 56.5 cm³/mol. The normalized spacial score (nSPS) is 18.7. The van der Waals surface area contributed by atoms with Crippen LogP contribution < -0.4 is 10.6 Å². The minimum atomic E-state index is -1.34. The Labute approximate surface area is 100 Å². The minimum absolute atomic E-state index is 0.00926. The molecule has 5 nitrogen and oxygen atoms in total. The summed E-state index contributed by atoms with van der Waals surface area (Å²) in [6.07, 6.45) is 1.14. The lowest BCUT2D eigenvalue weighted by molar-refractivity contribution is -0.133. The monoisotopic (exact) mass is 254 g/mol. The maximum Gasteiger partial charge on any atom is 0.352 e. The van der Waals surface area contributed by atoms with Gasteiger partial charge in [0.15, 0.2) is 0 Å². The van der Waals surface area contributed by atoms with Crippen LogP contribution in [0.2, 0.25) is 0 Å². The van der Waals surface area contributed by atoms with Gasteiger partial charge in [-0.3, -0.25) is 0 Å². The molecule has 2 amide bonds. The van der Waals surface area contributed by atoms with Gasteiger partial charge in [-0.15, -0.1) is 0 Å². The van der Waals surface area contributed by atoms with Crippen molar-refractivity contribution in [3.63, 3.8) is 0 Å². The number of rotatable bonds is 2. The summed E-state index contributed by atoms with van der Waals surface area (Å²) in [5.41, 5.74) is -0.363. The van der Waals surface area contributed by atoms with Crippen LogP contribution in [0.3, 0.4) is 0 Å². The summed E-state index contributed by atoms with van der Waals surface area (Å²) in [6.45, 7) is 0. The molecule has 1 atom stereocenters. The third kappa shape index (κ3) is 2.29. The molecule has 0 aromatic heterocycles. The highest BCUT2D eigenvalue weighted by molar-refractivity contribution is 5.93. The molecule has 0 aliphatic carbocycles. The fraction of sp³-hybridized carbons (Fsp3) is 0.0909. The van der Waals surface area contributed by atoms with Crippen LogP contribution in [0.1, 0.15) is 11.6 Å². The summed E-state index contributed by atoms with van der Waals surface area (Å²) < 4.78 is 26.2. The Balaban J connectivity index is 2.40. The number of hydrogen-bond acceptors (Lipinski definition) is 2. The molecule has 0 radical (unpaired) electrons. The highest BCUT2D eigenvalue weighted by Gasteiger charge is 2.25. The molecule has 1 aliphatic rings. The predicted octanol–water partition coefficient (Wildman–Crippen LogP) is 1.29. The van der Waals surface area contributed by atoms with E-state index in [1.54, 1.807) is 0 Å². The molecule has 0 saturated heterocycles. The SMILES string of the molecule is O=C1NC(C(=O)O)=C[C@@H](c2ccc(F)cc2F)N1. The molecule has 0 bridgehead atoms. The fourth-order valence-electron chi connectivity index (χ4n) is 1.60. The van der Waals surface area contributed by atoms with Crippen molar-refractivity contribution in [2.24, 2.45) is 0 Å². The van der Waals surface area contributed by atoms with Gasteiger partial charge in [0.05, 0.1) is 6.04 Å². The molecular weight excluding hydrogens is 246 g/mol. The second kappa shape index (κ2) is 4.44. The van der Waals surface area contributed by atoms with Crippen molar-refractivity contribution in [1.82, 2.24) is 10.6 Å². The van der Waals surface area contributed by atoms with Crippen LogP contribution in [0.15, 0.2) is 30.0 Å². The fourth-order valence-corrected chi connectivity index (χ4v) is 1.60. The van der Waals surface area contributed by atoms with Crippen molar-refractivity contribution in [1.29, 1.82) is 0 Å². The molecule has 2 rings (SSSR count). The second-order valence-electron chi connectivity index (χ2n) is 3.63. The number of benzene rings is 1. The van der Waals surface area contributed by atoms with Gasteiger partial charge in [-0.2, -0.15) is 0 Å². The summed E-state index contributed by atoms with van der Waals surface area (Å²) in [5.74, 6) is -2.94. The first-order chi connectivity index (χ1) is 8.47. The van der Waals surface area contributed by atoms with Gasteiger partial charge < -0.3 is 15.7 Å². The van der Waals surface area contributed by atoms with Crippen molar-refractivity contribution >= 4 is 12.0 Å². The van der Waals surface area contributed by atoms with Crippen LogP contribution in [-0.2, 0) is 4.79 Å². The lowest BCUT2D eigenvalue weighted by Crippen LogP contribution is -2.43. The third-order valence-corrected chi connectivity index (χ3v) is 2.40. The average Bonchev–Trinajstić information content (AvgIpc) is 2.27. The summed E-state index contributed by atoms with van der Waals surface area (Å²) in [4.78, 5) is 22.0. The minimum Gasteiger partial charge on any atom is -0.477 e. The molecule has 0 unspecified atom stereocenters. The molecule has 1 aliphatic heterocycles. The van der Waals surface area contributed by atoms with E-state index in [4.69, 9.17) is 5.11 Å². The van der Waals surface area contributed by atoms with Gasteiger partial charge in [0, 0.05) is 11.6 Å². The lowest BCUT2D eigenvalue weighted by Gasteiger charge is -2.22. The van der Waals surface area contributed by atoms with Crippen LogP contribution in [-0.4, -0.2) is 17.1 Å². The number of amides is 2. The summed E-state index contributed by atoms with van der Waals surface area (Å²) in [7, 11) is 0. The second-order valence-corrected chi connectivity index (χ2v) is 3.63. The Hall–Kier alpha value is -2.44. The van der Waals surface area contributed by atoms with E-state index >= 15 is 0 Å². The van der Waals surface area contributed by atoms with E-state index in [-0.39, 0.29) is 11.3 Å². The number of aliphatic carboxylic acids is 1. The summed E-state index contributed by atoms with van der Waals surface area (Å²) >= 11 is 0. The molecule has 1 aromatic rings. The summed E-state index contributed by atoms with van der Waals surface area (Å²) in [6, 6.07) is 1.13. The summed E-state index contributed by atoms with van der Waals surface area (Å²) in [5, 5.41) is 13.2. The van der Waals surface area contributed by atoms with Crippen molar-refractivity contribution in [3.8, 4) is 0 Å². The Bertz CT molecular complexity index is 557. The van der Waals surface area contributed by atoms with E-state index in [2.05, 4.69) is 10.6 Å². The van der Waals surface area contributed by atoms with Crippen molar-refractivity contribution in [2.75, 3.05) is 0 Å². The zero-order chi connectivity index (χ0) is 13.3. The maximum atomic E-state index is 13.5. The molecule has 0 fully saturated rings. The topological polar surface area (TPSA) is 78.4 Å². The first kappa shape index (κ1) is 12.0. The van der Waals surface area contributed by atoms with E-state index < -0.39 is 29.7 Å². The first-order valence-electron chi connectivity index (χ1n) is 4.95. The Morgan fingerprint density at radius 3 is 2.67 bits per heavy atom. The van der Waals surface area contributed by atoms with Crippen molar-refractivity contribution < 1.29 is 23.5 Å². The van der Waals surface area contributed by atoms with E-state index in [1.807, 2.05) is 0 Å². The first-order valence-corrected chi connectivity index (χ1v) is 4.95. The number of carbonyl (C=O) groups excluding carboxylic acids is 1. The van der Waals surface area contributed by atoms with E-state index in [0.29, 0.717) is 6.07 Å². The largest absolute Gasteiger partial charge is 0.477 e. The van der Waals surface area contributed by atoms with Gasteiger partial charge in [0.2, 0.25) is 0 Å². The van der Waals surface area contributed by atoms with Gasteiger partial charge in [-0.05, 0) is 12.1 Å². The number of urea groups is 1. The van der Waals surface area contributed by atoms with E-state index in [9.17, 15) is 18.4 Å². The van der Waals surface area contributed by atoms with Crippen LogP contribution in [0, 0.1) is 11.6 Å². The van der Waals surface area contributed by atoms with Crippen molar-refractivity contribution in [2.45, 2.75) is 6.04 Å². The molecule has 18 heavy (non-hydrogen) atoms. The van der Waals surface area contributed by atoms with Crippen LogP contribution in [0.4, 0.5) is 13.6 Å². The Morgan fingerprint density at radius 1 is 1.33 bits per heavy atom. The molecular formula is C11H8F2N2O3. The zero-order valence-corrected chi connectivity index (χ0v) is 8.91. The van der Waals surface area contributed by atoms with E-state index in [0.717, 1.165) is 18.2 Å². The number of nitrogens with one attached hydrogen (secondary N) is 2.